The smallest absolute Gasteiger partial charge is 0.406 e. The van der Waals surface area contributed by atoms with E-state index in [0.717, 1.165) is 11.3 Å². The molecule has 0 radical (unpaired) electrons. The second-order valence-corrected chi connectivity index (χ2v) is 4.43. The van der Waals surface area contributed by atoms with Crippen molar-refractivity contribution in [1.29, 1.82) is 0 Å². The Morgan fingerprint density at radius 3 is 2.45 bits per heavy atom. The predicted octanol–water partition coefficient (Wildman–Crippen LogP) is 2.56. The van der Waals surface area contributed by atoms with Crippen molar-refractivity contribution in [3.05, 3.63) is 48.0 Å². The molecule has 108 valence electrons. The van der Waals surface area contributed by atoms with Gasteiger partial charge in [-0.1, -0.05) is 12.1 Å². The molecule has 2 aromatic rings. The van der Waals surface area contributed by atoms with Crippen LogP contribution in [0.3, 0.4) is 0 Å². The first kappa shape index (κ1) is 14.4. The molecule has 0 saturated carbocycles. The fraction of sp³-hybridized carbons (Fsp3) is 0.308. The molecule has 0 saturated heterocycles. The minimum Gasteiger partial charge on any atom is -0.406 e. The molecule has 1 atom stereocenters. The number of halogens is 3. The monoisotopic (exact) mass is 285 g/mol. The van der Waals surface area contributed by atoms with Crippen LogP contribution in [-0.4, -0.2) is 15.9 Å². The van der Waals surface area contributed by atoms with E-state index in [2.05, 4.69) is 9.72 Å². The number of alkyl halides is 3. The number of rotatable bonds is 4. The fourth-order valence-corrected chi connectivity index (χ4v) is 1.91. The van der Waals surface area contributed by atoms with Gasteiger partial charge in [0, 0.05) is 13.2 Å². The fourth-order valence-electron chi connectivity index (χ4n) is 1.91. The van der Waals surface area contributed by atoms with Crippen LogP contribution in [0.15, 0.2) is 36.8 Å². The Balaban J connectivity index is 2.02. The van der Waals surface area contributed by atoms with Gasteiger partial charge < -0.3 is 15.0 Å². The van der Waals surface area contributed by atoms with Crippen LogP contribution in [0.5, 0.6) is 5.75 Å². The van der Waals surface area contributed by atoms with Gasteiger partial charge in [0.15, 0.2) is 0 Å². The molecule has 2 rings (SSSR count). The van der Waals surface area contributed by atoms with Crippen molar-refractivity contribution in [2.45, 2.75) is 18.8 Å². The highest BCUT2D eigenvalue weighted by atomic mass is 19.4. The van der Waals surface area contributed by atoms with Gasteiger partial charge in [-0.15, -0.1) is 13.2 Å². The van der Waals surface area contributed by atoms with Gasteiger partial charge >= 0.3 is 6.36 Å². The van der Waals surface area contributed by atoms with E-state index in [1.807, 2.05) is 11.6 Å². The van der Waals surface area contributed by atoms with Crippen LogP contribution in [0.25, 0.3) is 0 Å². The van der Waals surface area contributed by atoms with Crippen LogP contribution < -0.4 is 10.5 Å². The molecule has 1 aromatic carbocycles. The van der Waals surface area contributed by atoms with Crippen LogP contribution in [0.1, 0.15) is 17.3 Å². The number of hydrogen-bond acceptors (Lipinski definition) is 3. The van der Waals surface area contributed by atoms with E-state index >= 15 is 0 Å². The van der Waals surface area contributed by atoms with Gasteiger partial charge in [0.2, 0.25) is 0 Å². The number of aromatic nitrogens is 2. The average Bonchev–Trinajstić information content (AvgIpc) is 2.76. The third-order valence-electron chi connectivity index (χ3n) is 2.85. The van der Waals surface area contributed by atoms with Crippen molar-refractivity contribution in [1.82, 2.24) is 9.55 Å². The number of benzene rings is 1. The lowest BCUT2D eigenvalue weighted by Crippen LogP contribution is -2.17. The number of imidazole rings is 1. The Morgan fingerprint density at radius 2 is 1.95 bits per heavy atom. The lowest BCUT2D eigenvalue weighted by atomic mass is 10.0. The third-order valence-corrected chi connectivity index (χ3v) is 2.85. The summed E-state index contributed by atoms with van der Waals surface area (Å²) in [6, 6.07) is 5.42. The molecule has 1 unspecified atom stereocenters. The van der Waals surface area contributed by atoms with E-state index < -0.39 is 6.36 Å². The molecule has 4 nitrogen and oxygen atoms in total. The summed E-state index contributed by atoms with van der Waals surface area (Å²) < 4.78 is 41.7. The van der Waals surface area contributed by atoms with E-state index in [0.29, 0.717) is 6.42 Å². The molecular formula is C13H14F3N3O. The van der Waals surface area contributed by atoms with E-state index in [-0.39, 0.29) is 11.8 Å². The standard InChI is InChI=1S/C13H14F3N3O/c1-19-8-18-7-12(19)11(17)6-9-2-4-10(5-3-9)20-13(14,15)16/h2-5,7-8,11H,6,17H2,1H3. The van der Waals surface area contributed by atoms with Crippen LogP contribution in [0.4, 0.5) is 13.2 Å². The lowest BCUT2D eigenvalue weighted by molar-refractivity contribution is -0.274. The first-order chi connectivity index (χ1) is 9.35. The summed E-state index contributed by atoms with van der Waals surface area (Å²) in [6.45, 7) is 0. The van der Waals surface area contributed by atoms with E-state index in [9.17, 15) is 13.2 Å². The summed E-state index contributed by atoms with van der Waals surface area (Å²) >= 11 is 0. The van der Waals surface area contributed by atoms with Gasteiger partial charge in [0.25, 0.3) is 0 Å². The highest BCUT2D eigenvalue weighted by molar-refractivity contribution is 5.28. The SMILES string of the molecule is Cn1cncc1C(N)Cc1ccc(OC(F)(F)F)cc1. The number of nitrogens with zero attached hydrogens (tertiary/aromatic N) is 2. The minimum atomic E-state index is -4.67. The van der Waals surface area contributed by atoms with Gasteiger partial charge in [0.05, 0.1) is 18.1 Å². The molecular weight excluding hydrogens is 271 g/mol. The molecule has 0 fully saturated rings. The van der Waals surface area contributed by atoms with Gasteiger partial charge in [-0.3, -0.25) is 0 Å². The van der Waals surface area contributed by atoms with Gasteiger partial charge in [-0.05, 0) is 24.1 Å². The zero-order valence-corrected chi connectivity index (χ0v) is 10.8. The van der Waals surface area contributed by atoms with Gasteiger partial charge in [-0.25, -0.2) is 4.98 Å². The van der Waals surface area contributed by atoms with Crippen molar-refractivity contribution in [3.8, 4) is 5.75 Å². The van der Waals surface area contributed by atoms with Crippen LogP contribution in [0.2, 0.25) is 0 Å². The third kappa shape index (κ3) is 3.74. The molecule has 0 spiro atoms. The maximum absolute atomic E-state index is 12.0. The predicted molar refractivity (Wildman–Crippen MR) is 67.0 cm³/mol. The minimum absolute atomic E-state index is 0.240. The number of hydrogen-bond donors (Lipinski definition) is 1. The van der Waals surface area contributed by atoms with Crippen molar-refractivity contribution in [2.75, 3.05) is 0 Å². The quantitative estimate of drug-likeness (QED) is 0.939. The average molecular weight is 285 g/mol. The maximum Gasteiger partial charge on any atom is 0.573 e. The van der Waals surface area contributed by atoms with Gasteiger partial charge in [0.1, 0.15) is 5.75 Å². The Morgan fingerprint density at radius 1 is 1.30 bits per heavy atom. The molecule has 1 aromatic heterocycles. The Hall–Kier alpha value is -2.02. The van der Waals surface area contributed by atoms with Crippen molar-refractivity contribution in [2.24, 2.45) is 12.8 Å². The number of aryl methyl sites for hydroxylation is 1. The topological polar surface area (TPSA) is 53.1 Å². The summed E-state index contributed by atoms with van der Waals surface area (Å²) in [5, 5.41) is 0. The van der Waals surface area contributed by atoms with Crippen molar-refractivity contribution < 1.29 is 17.9 Å². The molecule has 0 aliphatic rings. The second kappa shape index (κ2) is 5.54. The summed E-state index contributed by atoms with van der Waals surface area (Å²) in [7, 11) is 1.84. The van der Waals surface area contributed by atoms with E-state index in [1.54, 1.807) is 24.7 Å². The molecule has 0 bridgehead atoms. The first-order valence-corrected chi connectivity index (χ1v) is 5.91. The lowest BCUT2D eigenvalue weighted by Gasteiger charge is -2.13. The molecule has 20 heavy (non-hydrogen) atoms. The Labute approximate surface area is 114 Å². The summed E-state index contributed by atoms with van der Waals surface area (Å²) in [4.78, 5) is 3.98. The van der Waals surface area contributed by atoms with Crippen molar-refractivity contribution in [3.63, 3.8) is 0 Å². The number of nitrogens with two attached hydrogens (primary N) is 1. The van der Waals surface area contributed by atoms with Crippen LogP contribution in [0, 0.1) is 0 Å². The summed E-state index contributed by atoms with van der Waals surface area (Å²) in [6.07, 6.45) is -0.847. The molecule has 7 heteroatoms. The normalized spacial score (nSPS) is 13.2. The van der Waals surface area contributed by atoms with E-state index in [1.165, 1.54) is 12.1 Å². The molecule has 1 heterocycles. The summed E-state index contributed by atoms with van der Waals surface area (Å²) in [5.74, 6) is -0.240. The zero-order valence-electron chi connectivity index (χ0n) is 10.8. The maximum atomic E-state index is 12.0. The Kier molecular flexibility index (Phi) is 3.99. The molecule has 2 N–H and O–H groups in total. The van der Waals surface area contributed by atoms with Crippen molar-refractivity contribution >= 4 is 0 Å². The Bertz CT molecular complexity index is 563. The zero-order chi connectivity index (χ0) is 14.8. The second-order valence-electron chi connectivity index (χ2n) is 4.43. The summed E-state index contributed by atoms with van der Waals surface area (Å²) in [5.41, 5.74) is 7.73. The first-order valence-electron chi connectivity index (χ1n) is 5.91. The molecule has 0 aliphatic heterocycles. The van der Waals surface area contributed by atoms with Crippen LogP contribution in [-0.2, 0) is 13.5 Å². The highest BCUT2D eigenvalue weighted by Gasteiger charge is 2.30. The number of ether oxygens (including phenoxy) is 1. The molecule has 0 aliphatic carbocycles. The van der Waals surface area contributed by atoms with E-state index in [4.69, 9.17) is 5.73 Å². The van der Waals surface area contributed by atoms with Gasteiger partial charge in [-0.2, -0.15) is 0 Å². The largest absolute Gasteiger partial charge is 0.573 e. The molecule has 0 amide bonds. The van der Waals surface area contributed by atoms with Crippen LogP contribution >= 0.6 is 0 Å². The highest BCUT2D eigenvalue weighted by Crippen LogP contribution is 2.24.